The maximum Gasteiger partial charge on any atom is 0.162 e. The number of aromatic nitrogens is 4. The summed E-state index contributed by atoms with van der Waals surface area (Å²) in [4.78, 5) is 8.83. The molecule has 3 atom stereocenters. The second kappa shape index (κ2) is 6.67. The van der Waals surface area contributed by atoms with E-state index in [9.17, 15) is 0 Å². The minimum atomic E-state index is 0.410. The fraction of sp³-hybridized carbons (Fsp3) is 0.261. The number of ether oxygens (including phenoxy) is 1. The van der Waals surface area contributed by atoms with Crippen molar-refractivity contribution in [3.05, 3.63) is 67.1 Å². The second-order valence-corrected chi connectivity index (χ2v) is 7.90. The average Bonchev–Trinajstić information content (AvgIpc) is 3.49. The van der Waals surface area contributed by atoms with Crippen molar-refractivity contribution in [3.63, 3.8) is 0 Å². The first-order valence-corrected chi connectivity index (χ1v) is 10.1. The number of benzene rings is 2. The normalized spacial score (nSPS) is 23.0. The lowest BCUT2D eigenvalue weighted by Crippen LogP contribution is -2.31. The van der Waals surface area contributed by atoms with E-state index < -0.39 is 0 Å². The highest BCUT2D eigenvalue weighted by Crippen LogP contribution is 2.42. The molecule has 1 aliphatic heterocycles. The van der Waals surface area contributed by atoms with Crippen molar-refractivity contribution in [2.24, 2.45) is 5.92 Å². The zero-order chi connectivity index (χ0) is 19.2. The molecule has 0 radical (unpaired) electrons. The highest BCUT2D eigenvalue weighted by Gasteiger charge is 2.41. The fourth-order valence-corrected chi connectivity index (χ4v) is 4.74. The molecule has 144 valence electrons. The van der Waals surface area contributed by atoms with Crippen LogP contribution in [0.1, 0.15) is 18.9 Å². The highest BCUT2D eigenvalue weighted by molar-refractivity contribution is 5.90. The first kappa shape index (κ1) is 16.7. The predicted octanol–water partition coefficient (Wildman–Crippen LogP) is 4.21. The predicted molar refractivity (Wildman–Crippen MR) is 111 cm³/mol. The lowest BCUT2D eigenvalue weighted by Gasteiger charge is -2.23. The Bertz CT molecular complexity index is 1160. The van der Waals surface area contributed by atoms with Crippen LogP contribution in [0.4, 0.5) is 0 Å². The molecular weight excluding hydrogens is 362 g/mol. The Balaban J connectivity index is 1.36. The number of para-hydroxylation sites is 1. The van der Waals surface area contributed by atoms with Crippen LogP contribution in [0.15, 0.2) is 67.1 Å². The van der Waals surface area contributed by atoms with Crippen LogP contribution in [0.5, 0.6) is 11.5 Å². The first-order valence-electron chi connectivity index (χ1n) is 10.1. The van der Waals surface area contributed by atoms with Gasteiger partial charge in [0.15, 0.2) is 5.65 Å². The molecule has 6 heteroatoms. The summed E-state index contributed by atoms with van der Waals surface area (Å²) in [5.74, 6) is 2.26. The van der Waals surface area contributed by atoms with Gasteiger partial charge < -0.3 is 10.1 Å². The van der Waals surface area contributed by atoms with E-state index in [1.54, 1.807) is 6.33 Å². The number of hydrogen-bond acceptors (Lipinski definition) is 5. The minimum Gasteiger partial charge on any atom is -0.457 e. The smallest absolute Gasteiger partial charge is 0.162 e. The molecule has 3 heterocycles. The van der Waals surface area contributed by atoms with Crippen LogP contribution in [0.3, 0.4) is 0 Å². The Labute approximate surface area is 168 Å². The maximum atomic E-state index is 5.92. The van der Waals surface area contributed by atoms with Gasteiger partial charge in [0.1, 0.15) is 23.5 Å². The highest BCUT2D eigenvalue weighted by atomic mass is 16.5. The van der Waals surface area contributed by atoms with E-state index in [0.717, 1.165) is 46.8 Å². The molecule has 4 aromatic rings. The summed E-state index contributed by atoms with van der Waals surface area (Å²) in [5, 5.41) is 9.60. The monoisotopic (exact) mass is 383 g/mol. The molecule has 1 N–H and O–H groups in total. The van der Waals surface area contributed by atoms with Crippen molar-refractivity contribution in [1.29, 1.82) is 0 Å². The Kier molecular flexibility index (Phi) is 3.84. The first-order chi connectivity index (χ1) is 14.3. The molecule has 1 saturated heterocycles. The molecule has 0 spiro atoms. The number of rotatable bonds is 4. The summed E-state index contributed by atoms with van der Waals surface area (Å²) in [7, 11) is 0. The Morgan fingerprint density at radius 1 is 0.966 bits per heavy atom. The van der Waals surface area contributed by atoms with E-state index in [0.29, 0.717) is 18.0 Å². The molecule has 3 unspecified atom stereocenters. The van der Waals surface area contributed by atoms with E-state index in [1.165, 1.54) is 6.42 Å². The van der Waals surface area contributed by atoms with E-state index >= 15 is 0 Å². The number of hydrogen-bond donors (Lipinski definition) is 1. The lowest BCUT2D eigenvalue weighted by atomic mass is 10.0. The van der Waals surface area contributed by atoms with Crippen molar-refractivity contribution < 1.29 is 4.74 Å². The number of nitrogens with one attached hydrogen (secondary N) is 1. The molecule has 2 bridgehead atoms. The van der Waals surface area contributed by atoms with Gasteiger partial charge in [0.05, 0.1) is 11.4 Å². The van der Waals surface area contributed by atoms with Gasteiger partial charge in [-0.15, -0.1) is 0 Å². The van der Waals surface area contributed by atoms with E-state index in [1.807, 2.05) is 48.7 Å². The molecular formula is C23H21N5O. The van der Waals surface area contributed by atoms with Crippen molar-refractivity contribution >= 4 is 11.0 Å². The Morgan fingerprint density at radius 2 is 1.79 bits per heavy atom. The van der Waals surface area contributed by atoms with Crippen molar-refractivity contribution in [2.45, 2.75) is 24.9 Å². The quantitative estimate of drug-likeness (QED) is 0.572. The minimum absolute atomic E-state index is 0.410. The zero-order valence-corrected chi connectivity index (χ0v) is 15.9. The molecule has 2 fully saturated rings. The zero-order valence-electron chi connectivity index (χ0n) is 15.9. The topological polar surface area (TPSA) is 64.9 Å². The summed E-state index contributed by atoms with van der Waals surface area (Å²) < 4.78 is 8.06. The van der Waals surface area contributed by atoms with Crippen LogP contribution in [-0.2, 0) is 0 Å². The molecule has 2 aromatic heterocycles. The fourth-order valence-electron chi connectivity index (χ4n) is 4.74. The van der Waals surface area contributed by atoms with Crippen molar-refractivity contribution in [1.82, 2.24) is 25.1 Å². The number of piperidine rings is 1. The van der Waals surface area contributed by atoms with Gasteiger partial charge in [-0.25, -0.2) is 14.6 Å². The standard InChI is InChI=1S/C23H21N5O/c1-2-4-18(5-3-1)29-19-8-6-15(7-9-19)22-20-13-24-14-26-23(20)28(27-22)21-11-17-10-16(21)12-25-17/h1-9,13-14,16-17,21,25H,10-12H2. The van der Waals surface area contributed by atoms with Gasteiger partial charge in [0, 0.05) is 24.3 Å². The van der Waals surface area contributed by atoms with Gasteiger partial charge in [-0.3, -0.25) is 0 Å². The van der Waals surface area contributed by atoms with Gasteiger partial charge in [-0.1, -0.05) is 18.2 Å². The van der Waals surface area contributed by atoms with E-state index in [4.69, 9.17) is 9.84 Å². The van der Waals surface area contributed by atoms with Gasteiger partial charge in [0.25, 0.3) is 0 Å². The Hall–Kier alpha value is -3.25. The number of nitrogens with zero attached hydrogens (tertiary/aromatic N) is 4. The van der Waals surface area contributed by atoms with Crippen LogP contribution in [0.2, 0.25) is 0 Å². The van der Waals surface area contributed by atoms with Crippen molar-refractivity contribution in [2.75, 3.05) is 6.54 Å². The third kappa shape index (κ3) is 2.87. The molecule has 6 nitrogen and oxygen atoms in total. The molecule has 1 saturated carbocycles. The van der Waals surface area contributed by atoms with Gasteiger partial charge >= 0.3 is 0 Å². The van der Waals surface area contributed by atoms with Crippen LogP contribution in [-0.4, -0.2) is 32.3 Å². The van der Waals surface area contributed by atoms with Crippen molar-refractivity contribution in [3.8, 4) is 22.8 Å². The molecule has 6 rings (SSSR count). The summed E-state index contributed by atoms with van der Waals surface area (Å²) in [6, 6.07) is 18.9. The molecule has 2 aliphatic rings. The van der Waals surface area contributed by atoms with Crippen LogP contribution >= 0.6 is 0 Å². The van der Waals surface area contributed by atoms with E-state index in [2.05, 4.69) is 32.1 Å². The average molecular weight is 383 g/mol. The van der Waals surface area contributed by atoms with Gasteiger partial charge in [0.2, 0.25) is 0 Å². The second-order valence-electron chi connectivity index (χ2n) is 7.90. The summed E-state index contributed by atoms with van der Waals surface area (Å²) in [6.07, 6.45) is 5.85. The van der Waals surface area contributed by atoms with Crippen LogP contribution < -0.4 is 10.1 Å². The largest absolute Gasteiger partial charge is 0.457 e. The van der Waals surface area contributed by atoms with Gasteiger partial charge in [-0.05, 0) is 55.2 Å². The molecule has 2 aromatic carbocycles. The van der Waals surface area contributed by atoms with E-state index in [-0.39, 0.29) is 0 Å². The molecule has 29 heavy (non-hydrogen) atoms. The third-order valence-electron chi connectivity index (χ3n) is 6.12. The third-order valence-corrected chi connectivity index (χ3v) is 6.12. The molecule has 0 amide bonds. The lowest BCUT2D eigenvalue weighted by molar-refractivity contribution is 0.328. The van der Waals surface area contributed by atoms with Crippen LogP contribution in [0.25, 0.3) is 22.3 Å². The summed E-state index contributed by atoms with van der Waals surface area (Å²) in [6.45, 7) is 1.07. The summed E-state index contributed by atoms with van der Waals surface area (Å²) >= 11 is 0. The summed E-state index contributed by atoms with van der Waals surface area (Å²) in [5.41, 5.74) is 2.91. The van der Waals surface area contributed by atoms with Crippen LogP contribution in [0, 0.1) is 5.92 Å². The molecule has 1 aliphatic carbocycles. The Morgan fingerprint density at radius 3 is 2.55 bits per heavy atom. The SMILES string of the molecule is c1ccc(Oc2ccc(-c3nn(C4CC5CC4CN5)c4ncncc34)cc2)cc1. The number of fused-ring (bicyclic) bond motifs is 3. The maximum absolute atomic E-state index is 5.92. The van der Waals surface area contributed by atoms with Gasteiger partial charge in [-0.2, -0.15) is 5.10 Å².